The third kappa shape index (κ3) is 4.26. The summed E-state index contributed by atoms with van der Waals surface area (Å²) in [5, 5.41) is 4.08. The van der Waals surface area contributed by atoms with Crippen LogP contribution < -0.4 is 15.4 Å². The van der Waals surface area contributed by atoms with Crippen LogP contribution in [0, 0.1) is 24.6 Å². The van der Waals surface area contributed by atoms with Gasteiger partial charge in [0.25, 0.3) is 5.95 Å². The number of hydrogen-bond acceptors (Lipinski definition) is 6. The molecule has 176 valence electrons. The third-order valence-electron chi connectivity index (χ3n) is 6.27. The minimum Gasteiger partial charge on any atom is -0.424 e. The molecule has 2 aromatic heterocycles. The molecule has 1 saturated heterocycles. The second-order valence-corrected chi connectivity index (χ2v) is 8.64. The Balaban J connectivity index is 1.51. The zero-order chi connectivity index (χ0) is 23.3. The zero-order valence-corrected chi connectivity index (χ0v) is 17.8. The molecule has 3 heterocycles. The highest BCUT2D eigenvalue weighted by Gasteiger charge is 2.41. The van der Waals surface area contributed by atoms with Crippen LogP contribution in [-0.4, -0.2) is 49.6 Å². The van der Waals surface area contributed by atoms with Gasteiger partial charge in [0, 0.05) is 30.9 Å². The fourth-order valence-corrected chi connectivity index (χ4v) is 4.72. The number of aryl methyl sites for hydroxylation is 1. The van der Waals surface area contributed by atoms with Crippen LogP contribution in [0.15, 0.2) is 30.5 Å². The number of piperidine rings is 1. The van der Waals surface area contributed by atoms with Gasteiger partial charge in [0.05, 0.1) is 6.20 Å². The molecule has 2 unspecified atom stereocenters. The Bertz CT molecular complexity index is 1140. The number of fused-ring (bicyclic) bond motifs is 2. The van der Waals surface area contributed by atoms with Crippen molar-refractivity contribution in [2.24, 2.45) is 17.6 Å². The summed E-state index contributed by atoms with van der Waals surface area (Å²) < 4.78 is 60.9. The molecule has 2 bridgehead atoms. The number of ether oxygens (including phenoxy) is 1. The molecule has 0 spiro atoms. The zero-order valence-electron chi connectivity index (χ0n) is 17.8. The van der Waals surface area contributed by atoms with Crippen molar-refractivity contribution >= 4 is 5.95 Å². The number of nitrogens with zero attached hydrogens (tertiary/aromatic N) is 6. The lowest BCUT2D eigenvalue weighted by atomic mass is 9.93. The van der Waals surface area contributed by atoms with Crippen LogP contribution in [0.3, 0.4) is 0 Å². The van der Waals surface area contributed by atoms with Crippen molar-refractivity contribution < 1.29 is 22.3 Å². The summed E-state index contributed by atoms with van der Waals surface area (Å²) in [6.45, 7) is 1.79. The van der Waals surface area contributed by atoms with Gasteiger partial charge in [0.2, 0.25) is 5.95 Å². The van der Waals surface area contributed by atoms with E-state index in [1.807, 2.05) is 0 Å². The summed E-state index contributed by atoms with van der Waals surface area (Å²) in [4.78, 5) is 10.8. The number of anilines is 1. The predicted molar refractivity (Wildman–Crippen MR) is 111 cm³/mol. The maximum atomic E-state index is 13.5. The lowest BCUT2D eigenvalue weighted by molar-refractivity contribution is -0.143. The SMILES string of the molecule is Cc1cnc(N2CC3CCC(C2)C3N)n1-c1nc(Oc2cccc(F)c2)n(CC(F)(F)F)n1. The number of halogens is 4. The van der Waals surface area contributed by atoms with E-state index in [2.05, 4.69) is 20.0 Å². The van der Waals surface area contributed by atoms with Crippen LogP contribution in [0.1, 0.15) is 18.5 Å². The van der Waals surface area contributed by atoms with Crippen molar-refractivity contribution in [3.63, 3.8) is 0 Å². The molecule has 2 aliphatic rings. The highest BCUT2D eigenvalue weighted by Crippen LogP contribution is 2.38. The Morgan fingerprint density at radius 3 is 2.58 bits per heavy atom. The molecular formula is C21H23F4N7O. The van der Waals surface area contributed by atoms with Crippen LogP contribution in [-0.2, 0) is 6.54 Å². The van der Waals surface area contributed by atoms with E-state index in [0.29, 0.717) is 41.2 Å². The first-order chi connectivity index (χ1) is 15.7. The number of aromatic nitrogens is 5. The van der Waals surface area contributed by atoms with Gasteiger partial charge in [-0.1, -0.05) is 6.07 Å². The van der Waals surface area contributed by atoms with Crippen molar-refractivity contribution in [1.29, 1.82) is 0 Å². The largest absolute Gasteiger partial charge is 0.424 e. The van der Waals surface area contributed by atoms with Gasteiger partial charge in [0.15, 0.2) is 0 Å². The fourth-order valence-electron chi connectivity index (χ4n) is 4.72. The van der Waals surface area contributed by atoms with E-state index < -0.39 is 24.5 Å². The van der Waals surface area contributed by atoms with Gasteiger partial charge in [-0.05, 0) is 43.7 Å². The first-order valence-corrected chi connectivity index (χ1v) is 10.7. The average molecular weight is 465 g/mol. The van der Waals surface area contributed by atoms with Crippen molar-refractivity contribution in [2.45, 2.75) is 38.5 Å². The molecule has 1 aliphatic carbocycles. The third-order valence-corrected chi connectivity index (χ3v) is 6.27. The van der Waals surface area contributed by atoms with Crippen LogP contribution in [0.5, 0.6) is 11.8 Å². The molecule has 3 aromatic rings. The topological polar surface area (TPSA) is 87.0 Å². The highest BCUT2D eigenvalue weighted by atomic mass is 19.4. The molecule has 33 heavy (non-hydrogen) atoms. The first kappa shape index (κ1) is 21.7. The first-order valence-electron chi connectivity index (χ1n) is 10.7. The second kappa shape index (κ2) is 8.01. The molecule has 2 fully saturated rings. The molecule has 0 radical (unpaired) electrons. The molecule has 2 atom stereocenters. The van der Waals surface area contributed by atoms with Gasteiger partial charge >= 0.3 is 12.2 Å². The minimum absolute atomic E-state index is 0.00197. The smallest absolute Gasteiger partial charge is 0.408 e. The van der Waals surface area contributed by atoms with E-state index in [9.17, 15) is 17.6 Å². The second-order valence-electron chi connectivity index (χ2n) is 8.64. The van der Waals surface area contributed by atoms with Gasteiger partial charge in [-0.25, -0.2) is 18.6 Å². The normalized spacial score (nSPS) is 22.7. The summed E-state index contributed by atoms with van der Waals surface area (Å²) in [5.41, 5.74) is 6.97. The summed E-state index contributed by atoms with van der Waals surface area (Å²) in [6, 6.07) is 4.85. The molecule has 1 aliphatic heterocycles. The standard InChI is InChI=1S/C21H23F4N7O/c1-12-8-27-19(30-9-13-5-6-14(10-30)17(13)26)32(12)18-28-20(31(29-18)11-21(23,24)25)33-16-4-2-3-15(22)7-16/h2-4,7-8,13-14,17H,5-6,9-11,26H2,1H3. The summed E-state index contributed by atoms with van der Waals surface area (Å²) in [5.74, 6) is 0.672. The summed E-state index contributed by atoms with van der Waals surface area (Å²) in [7, 11) is 0. The number of nitrogens with two attached hydrogens (primary N) is 1. The maximum absolute atomic E-state index is 13.5. The number of imidazole rings is 1. The van der Waals surface area contributed by atoms with Gasteiger partial charge in [-0.15, -0.1) is 5.10 Å². The molecule has 5 rings (SSSR count). The van der Waals surface area contributed by atoms with Crippen LogP contribution in [0.25, 0.3) is 5.95 Å². The monoisotopic (exact) mass is 465 g/mol. The van der Waals surface area contributed by atoms with E-state index in [0.717, 1.165) is 18.9 Å². The Kier molecular flexibility index (Phi) is 5.26. The van der Waals surface area contributed by atoms with E-state index in [1.165, 1.54) is 18.2 Å². The van der Waals surface area contributed by atoms with Gasteiger partial charge in [0.1, 0.15) is 18.1 Å². The molecule has 0 amide bonds. The molecule has 8 nitrogen and oxygen atoms in total. The lowest BCUT2D eigenvalue weighted by Crippen LogP contribution is -2.49. The lowest BCUT2D eigenvalue weighted by Gasteiger charge is -2.36. The molecule has 2 N–H and O–H groups in total. The fraction of sp³-hybridized carbons (Fsp3) is 0.476. The molecule has 12 heteroatoms. The number of benzene rings is 1. The Hall–Kier alpha value is -3.15. The molecule has 1 aromatic carbocycles. The Labute approximate surface area is 187 Å². The number of rotatable bonds is 5. The van der Waals surface area contributed by atoms with E-state index >= 15 is 0 Å². The van der Waals surface area contributed by atoms with E-state index in [1.54, 1.807) is 17.7 Å². The van der Waals surface area contributed by atoms with Crippen LogP contribution in [0.2, 0.25) is 0 Å². The maximum Gasteiger partial charge on any atom is 0.408 e. The minimum atomic E-state index is -4.56. The predicted octanol–water partition coefficient (Wildman–Crippen LogP) is 3.44. The van der Waals surface area contributed by atoms with Gasteiger partial charge in [-0.3, -0.25) is 0 Å². The Morgan fingerprint density at radius 1 is 1.18 bits per heavy atom. The molecular weight excluding hydrogens is 442 g/mol. The number of hydrogen-bond donors (Lipinski definition) is 1. The van der Waals surface area contributed by atoms with E-state index in [4.69, 9.17) is 10.5 Å². The summed E-state index contributed by atoms with van der Waals surface area (Å²) >= 11 is 0. The Morgan fingerprint density at radius 2 is 1.91 bits per heavy atom. The van der Waals surface area contributed by atoms with Crippen molar-refractivity contribution in [1.82, 2.24) is 24.3 Å². The average Bonchev–Trinajstić information content (AvgIpc) is 3.33. The van der Waals surface area contributed by atoms with Gasteiger partial charge < -0.3 is 15.4 Å². The van der Waals surface area contributed by atoms with Crippen molar-refractivity contribution in [2.75, 3.05) is 18.0 Å². The van der Waals surface area contributed by atoms with Crippen molar-refractivity contribution in [3.05, 3.63) is 42.0 Å². The highest BCUT2D eigenvalue weighted by molar-refractivity contribution is 5.42. The summed E-state index contributed by atoms with van der Waals surface area (Å²) in [6.07, 6.45) is -0.832. The van der Waals surface area contributed by atoms with E-state index in [-0.39, 0.29) is 17.7 Å². The quantitative estimate of drug-likeness (QED) is 0.581. The van der Waals surface area contributed by atoms with Crippen molar-refractivity contribution in [3.8, 4) is 17.7 Å². The van der Waals surface area contributed by atoms with Crippen LogP contribution >= 0.6 is 0 Å². The number of alkyl halides is 3. The van der Waals surface area contributed by atoms with Crippen LogP contribution in [0.4, 0.5) is 23.5 Å². The molecule has 1 saturated carbocycles. The van der Waals surface area contributed by atoms with Gasteiger partial charge in [-0.2, -0.15) is 18.2 Å².